The van der Waals surface area contributed by atoms with Crippen LogP contribution in [0.25, 0.3) is 0 Å². The summed E-state index contributed by atoms with van der Waals surface area (Å²) in [5, 5.41) is 3.60. The van der Waals surface area contributed by atoms with Crippen molar-refractivity contribution in [1.29, 1.82) is 0 Å². The molecule has 96 valence electrons. The van der Waals surface area contributed by atoms with Crippen LogP contribution in [0.3, 0.4) is 0 Å². The topological polar surface area (TPSA) is 15.3 Å². The Bertz CT molecular complexity index is 166. The zero-order valence-electron chi connectivity index (χ0n) is 11.5. The van der Waals surface area contributed by atoms with Crippen LogP contribution in [0.1, 0.15) is 59.3 Å². The van der Waals surface area contributed by atoms with Crippen molar-refractivity contribution >= 4 is 0 Å². The van der Waals surface area contributed by atoms with Crippen LogP contribution in [-0.2, 0) is 0 Å². The molecule has 16 heavy (non-hydrogen) atoms. The molecule has 0 aromatic rings. The van der Waals surface area contributed by atoms with E-state index in [0.29, 0.717) is 0 Å². The van der Waals surface area contributed by atoms with Gasteiger partial charge in [0, 0.05) is 18.6 Å². The van der Waals surface area contributed by atoms with Gasteiger partial charge in [0.05, 0.1) is 0 Å². The fraction of sp³-hybridized carbons (Fsp3) is 1.00. The summed E-state index contributed by atoms with van der Waals surface area (Å²) in [6.45, 7) is 10.6. The van der Waals surface area contributed by atoms with E-state index in [9.17, 15) is 0 Å². The van der Waals surface area contributed by atoms with Crippen molar-refractivity contribution < 1.29 is 0 Å². The van der Waals surface area contributed by atoms with Crippen LogP contribution in [0.2, 0.25) is 0 Å². The average Bonchev–Trinajstić information content (AvgIpc) is 2.33. The Hall–Kier alpha value is -0.0800. The molecular formula is C14H30N2. The lowest BCUT2D eigenvalue weighted by Crippen LogP contribution is -2.50. The lowest BCUT2D eigenvalue weighted by Gasteiger charge is -2.41. The van der Waals surface area contributed by atoms with E-state index in [1.54, 1.807) is 0 Å². The van der Waals surface area contributed by atoms with Crippen molar-refractivity contribution in [3.63, 3.8) is 0 Å². The van der Waals surface area contributed by atoms with E-state index in [-0.39, 0.29) is 0 Å². The lowest BCUT2D eigenvalue weighted by atomic mass is 9.97. The molecular weight excluding hydrogens is 196 g/mol. The second kappa shape index (κ2) is 8.08. The molecule has 2 heteroatoms. The largest absolute Gasteiger partial charge is 0.315 e. The average molecular weight is 226 g/mol. The first-order valence-electron chi connectivity index (χ1n) is 7.29. The summed E-state index contributed by atoms with van der Waals surface area (Å²) < 4.78 is 0. The molecule has 0 amide bonds. The maximum Gasteiger partial charge on any atom is 0.0223 e. The second-order valence-electron chi connectivity index (χ2n) is 5.06. The molecule has 1 rings (SSSR count). The zero-order valence-corrected chi connectivity index (χ0v) is 11.5. The molecule has 0 aromatic heterocycles. The fourth-order valence-corrected chi connectivity index (χ4v) is 2.93. The predicted molar refractivity (Wildman–Crippen MR) is 71.9 cm³/mol. The maximum absolute atomic E-state index is 3.60. The van der Waals surface area contributed by atoms with Gasteiger partial charge < -0.3 is 5.32 Å². The first kappa shape index (κ1) is 14.0. The second-order valence-corrected chi connectivity index (χ2v) is 5.06. The van der Waals surface area contributed by atoms with Crippen molar-refractivity contribution in [2.45, 2.75) is 71.4 Å². The zero-order chi connectivity index (χ0) is 11.8. The van der Waals surface area contributed by atoms with Crippen molar-refractivity contribution in [2.24, 2.45) is 0 Å². The number of rotatable bonds is 7. The van der Waals surface area contributed by atoms with Gasteiger partial charge in [0.1, 0.15) is 0 Å². The minimum Gasteiger partial charge on any atom is -0.315 e. The van der Waals surface area contributed by atoms with Crippen LogP contribution in [0.4, 0.5) is 0 Å². The molecule has 1 saturated heterocycles. The van der Waals surface area contributed by atoms with Crippen LogP contribution in [-0.4, -0.2) is 36.6 Å². The van der Waals surface area contributed by atoms with Gasteiger partial charge in [0.15, 0.2) is 0 Å². The molecule has 0 aromatic carbocycles. The number of hydrogen-bond acceptors (Lipinski definition) is 2. The number of likely N-dealkylation sites (tertiary alicyclic amines) is 1. The third-order valence-corrected chi connectivity index (χ3v) is 3.89. The van der Waals surface area contributed by atoms with Gasteiger partial charge in [-0.3, -0.25) is 4.90 Å². The smallest absolute Gasteiger partial charge is 0.0223 e. The fourth-order valence-electron chi connectivity index (χ4n) is 2.93. The highest BCUT2D eigenvalue weighted by atomic mass is 15.2. The molecule has 1 atom stereocenters. The summed E-state index contributed by atoms with van der Waals surface area (Å²) in [5.41, 5.74) is 0. The normalized spacial score (nSPS) is 22.9. The first-order valence-corrected chi connectivity index (χ1v) is 7.29. The van der Waals surface area contributed by atoms with Crippen LogP contribution >= 0.6 is 0 Å². The van der Waals surface area contributed by atoms with Gasteiger partial charge in [0.2, 0.25) is 0 Å². The minimum absolute atomic E-state index is 0.796. The summed E-state index contributed by atoms with van der Waals surface area (Å²) >= 11 is 0. The van der Waals surface area contributed by atoms with Crippen molar-refractivity contribution in [1.82, 2.24) is 10.2 Å². The van der Waals surface area contributed by atoms with Gasteiger partial charge in [-0.2, -0.15) is 0 Å². The van der Waals surface area contributed by atoms with Gasteiger partial charge in [-0.25, -0.2) is 0 Å². The van der Waals surface area contributed by atoms with Crippen molar-refractivity contribution in [3.8, 4) is 0 Å². The number of piperidine rings is 1. The Labute approximate surface area is 102 Å². The quantitative estimate of drug-likeness (QED) is 0.671. The van der Waals surface area contributed by atoms with E-state index in [4.69, 9.17) is 0 Å². The van der Waals surface area contributed by atoms with E-state index in [0.717, 1.165) is 12.1 Å². The molecule has 1 unspecified atom stereocenters. The van der Waals surface area contributed by atoms with Gasteiger partial charge in [-0.1, -0.05) is 27.2 Å². The maximum atomic E-state index is 3.60. The Morgan fingerprint density at radius 3 is 2.56 bits per heavy atom. The standard InChI is InChI=1S/C14H30N2/c1-4-10-15-12-14-9-7-8-11-16(14)13(5-2)6-3/h13-15H,4-12H2,1-3H3. The van der Waals surface area contributed by atoms with Crippen LogP contribution in [0.5, 0.6) is 0 Å². The highest BCUT2D eigenvalue weighted by molar-refractivity contribution is 4.83. The van der Waals surface area contributed by atoms with Gasteiger partial charge in [-0.15, -0.1) is 0 Å². The monoisotopic (exact) mass is 226 g/mol. The number of nitrogens with zero attached hydrogens (tertiary/aromatic N) is 1. The number of hydrogen-bond donors (Lipinski definition) is 1. The molecule has 0 aliphatic carbocycles. The van der Waals surface area contributed by atoms with E-state index < -0.39 is 0 Å². The first-order chi connectivity index (χ1) is 7.83. The Morgan fingerprint density at radius 2 is 1.94 bits per heavy atom. The molecule has 0 saturated carbocycles. The molecule has 0 radical (unpaired) electrons. The van der Waals surface area contributed by atoms with Gasteiger partial charge >= 0.3 is 0 Å². The van der Waals surface area contributed by atoms with Gasteiger partial charge in [0.25, 0.3) is 0 Å². The molecule has 0 spiro atoms. The summed E-state index contributed by atoms with van der Waals surface area (Å²) in [4.78, 5) is 2.77. The molecule has 0 bridgehead atoms. The number of nitrogens with one attached hydrogen (secondary N) is 1. The lowest BCUT2D eigenvalue weighted by molar-refractivity contribution is 0.0885. The van der Waals surface area contributed by atoms with E-state index in [2.05, 4.69) is 31.0 Å². The Balaban J connectivity index is 2.42. The van der Waals surface area contributed by atoms with Crippen LogP contribution < -0.4 is 5.32 Å². The van der Waals surface area contributed by atoms with E-state index in [1.165, 1.54) is 58.2 Å². The summed E-state index contributed by atoms with van der Waals surface area (Å²) in [7, 11) is 0. The molecule has 1 fully saturated rings. The minimum atomic E-state index is 0.796. The highest BCUT2D eigenvalue weighted by Crippen LogP contribution is 2.22. The Kier molecular flexibility index (Phi) is 7.06. The molecule has 1 N–H and O–H groups in total. The highest BCUT2D eigenvalue weighted by Gasteiger charge is 2.26. The molecule has 2 nitrogen and oxygen atoms in total. The van der Waals surface area contributed by atoms with Crippen LogP contribution in [0, 0.1) is 0 Å². The third kappa shape index (κ3) is 4.06. The van der Waals surface area contributed by atoms with E-state index >= 15 is 0 Å². The molecule has 1 aliphatic heterocycles. The van der Waals surface area contributed by atoms with Crippen molar-refractivity contribution in [3.05, 3.63) is 0 Å². The summed E-state index contributed by atoms with van der Waals surface area (Å²) in [6.07, 6.45) is 8.09. The Morgan fingerprint density at radius 1 is 1.19 bits per heavy atom. The third-order valence-electron chi connectivity index (χ3n) is 3.89. The van der Waals surface area contributed by atoms with Crippen molar-refractivity contribution in [2.75, 3.05) is 19.6 Å². The van der Waals surface area contributed by atoms with E-state index in [1.807, 2.05) is 0 Å². The van der Waals surface area contributed by atoms with Crippen LogP contribution in [0.15, 0.2) is 0 Å². The molecule has 1 heterocycles. The summed E-state index contributed by atoms with van der Waals surface area (Å²) in [6, 6.07) is 1.61. The van der Waals surface area contributed by atoms with Gasteiger partial charge in [-0.05, 0) is 45.2 Å². The SMILES string of the molecule is CCCNCC1CCCCN1C(CC)CC. The summed E-state index contributed by atoms with van der Waals surface area (Å²) in [5.74, 6) is 0. The predicted octanol–water partition coefficient (Wildman–Crippen LogP) is 3.03. The molecule has 1 aliphatic rings.